The second-order valence-electron chi connectivity index (χ2n) is 3.59. The molecule has 0 amide bonds. The summed E-state index contributed by atoms with van der Waals surface area (Å²) in [5, 5.41) is 0. The van der Waals surface area contributed by atoms with Gasteiger partial charge in [0, 0.05) is 6.61 Å². The molecule has 0 saturated carbocycles. The lowest BCUT2D eigenvalue weighted by molar-refractivity contribution is -0.332. The third-order valence-electron chi connectivity index (χ3n) is 2.34. The zero-order valence-electron chi connectivity index (χ0n) is 8.62. The number of hydrogen-bond donors (Lipinski definition) is 0. The van der Waals surface area contributed by atoms with Crippen LogP contribution in [0, 0.1) is 0 Å². The smallest absolute Gasteiger partial charge is 0.108 e. The molecule has 0 spiro atoms. The predicted octanol–water partition coefficient (Wildman–Crippen LogP) is 2.30. The summed E-state index contributed by atoms with van der Waals surface area (Å²) >= 11 is 0. The average Bonchev–Trinajstić information content (AvgIpc) is 2.19. The SMILES string of the molecule is CCC(C)OOCC1CCCCO1. The molecule has 1 rings (SSSR count). The van der Waals surface area contributed by atoms with E-state index >= 15 is 0 Å². The van der Waals surface area contributed by atoms with E-state index in [0.717, 1.165) is 19.4 Å². The lowest BCUT2D eigenvalue weighted by Crippen LogP contribution is -2.25. The summed E-state index contributed by atoms with van der Waals surface area (Å²) in [7, 11) is 0. The Hall–Kier alpha value is -0.120. The highest BCUT2D eigenvalue weighted by Gasteiger charge is 2.14. The third kappa shape index (κ3) is 4.60. The minimum Gasteiger partial charge on any atom is -0.376 e. The van der Waals surface area contributed by atoms with E-state index in [4.69, 9.17) is 14.5 Å². The Morgan fingerprint density at radius 3 is 2.92 bits per heavy atom. The van der Waals surface area contributed by atoms with E-state index in [1.807, 2.05) is 6.92 Å². The molecule has 2 atom stereocenters. The molecule has 13 heavy (non-hydrogen) atoms. The summed E-state index contributed by atoms with van der Waals surface area (Å²) in [5.41, 5.74) is 0. The first-order valence-corrected chi connectivity index (χ1v) is 5.22. The second kappa shape index (κ2) is 6.35. The van der Waals surface area contributed by atoms with Gasteiger partial charge in [-0.1, -0.05) is 6.92 Å². The molecular formula is C10H20O3. The fourth-order valence-corrected chi connectivity index (χ4v) is 1.24. The summed E-state index contributed by atoms with van der Waals surface area (Å²) in [4.78, 5) is 10.2. The van der Waals surface area contributed by atoms with Gasteiger partial charge in [0.15, 0.2) is 0 Å². The second-order valence-corrected chi connectivity index (χ2v) is 3.59. The van der Waals surface area contributed by atoms with Crippen LogP contribution in [0.4, 0.5) is 0 Å². The highest BCUT2D eigenvalue weighted by atomic mass is 17.2. The monoisotopic (exact) mass is 188 g/mol. The molecule has 2 unspecified atom stereocenters. The Bertz CT molecular complexity index is 121. The molecule has 0 N–H and O–H groups in total. The quantitative estimate of drug-likeness (QED) is 0.489. The molecule has 0 aromatic heterocycles. The zero-order valence-corrected chi connectivity index (χ0v) is 8.62. The fourth-order valence-electron chi connectivity index (χ4n) is 1.24. The van der Waals surface area contributed by atoms with Gasteiger partial charge < -0.3 is 4.74 Å². The number of hydrogen-bond acceptors (Lipinski definition) is 3. The Morgan fingerprint density at radius 1 is 1.46 bits per heavy atom. The van der Waals surface area contributed by atoms with Gasteiger partial charge in [-0.25, -0.2) is 9.78 Å². The van der Waals surface area contributed by atoms with Crippen LogP contribution in [0.25, 0.3) is 0 Å². The topological polar surface area (TPSA) is 27.7 Å². The van der Waals surface area contributed by atoms with E-state index < -0.39 is 0 Å². The maximum Gasteiger partial charge on any atom is 0.108 e. The Labute approximate surface area is 80.3 Å². The van der Waals surface area contributed by atoms with Crippen molar-refractivity contribution in [3.05, 3.63) is 0 Å². The summed E-state index contributed by atoms with van der Waals surface area (Å²) in [6.45, 7) is 5.52. The van der Waals surface area contributed by atoms with Gasteiger partial charge in [0.2, 0.25) is 0 Å². The third-order valence-corrected chi connectivity index (χ3v) is 2.34. The van der Waals surface area contributed by atoms with Crippen LogP contribution in [0.3, 0.4) is 0 Å². The molecular weight excluding hydrogens is 168 g/mol. The van der Waals surface area contributed by atoms with Crippen LogP contribution in [0.1, 0.15) is 39.5 Å². The van der Waals surface area contributed by atoms with E-state index in [1.165, 1.54) is 12.8 Å². The van der Waals surface area contributed by atoms with Crippen molar-refractivity contribution in [3.63, 3.8) is 0 Å². The van der Waals surface area contributed by atoms with Crippen molar-refractivity contribution in [3.8, 4) is 0 Å². The molecule has 78 valence electrons. The van der Waals surface area contributed by atoms with Crippen molar-refractivity contribution >= 4 is 0 Å². The van der Waals surface area contributed by atoms with Gasteiger partial charge in [0.05, 0.1) is 12.2 Å². The first kappa shape index (κ1) is 11.0. The molecule has 0 aromatic carbocycles. The average molecular weight is 188 g/mol. The van der Waals surface area contributed by atoms with Crippen molar-refractivity contribution in [2.75, 3.05) is 13.2 Å². The Balaban J connectivity index is 1.98. The Morgan fingerprint density at radius 2 is 2.31 bits per heavy atom. The first-order chi connectivity index (χ1) is 6.33. The van der Waals surface area contributed by atoms with Crippen LogP contribution < -0.4 is 0 Å². The van der Waals surface area contributed by atoms with Crippen LogP contribution in [0.15, 0.2) is 0 Å². The lowest BCUT2D eigenvalue weighted by Gasteiger charge is -2.22. The van der Waals surface area contributed by atoms with Gasteiger partial charge >= 0.3 is 0 Å². The van der Waals surface area contributed by atoms with Crippen LogP contribution in [-0.2, 0) is 14.5 Å². The minimum atomic E-state index is 0.184. The summed E-state index contributed by atoms with van der Waals surface area (Å²) in [6, 6.07) is 0. The van der Waals surface area contributed by atoms with Gasteiger partial charge in [0.25, 0.3) is 0 Å². The summed E-state index contributed by atoms with van der Waals surface area (Å²) < 4.78 is 5.49. The van der Waals surface area contributed by atoms with Gasteiger partial charge in [-0.05, 0) is 32.6 Å². The lowest BCUT2D eigenvalue weighted by atomic mass is 10.1. The largest absolute Gasteiger partial charge is 0.376 e. The van der Waals surface area contributed by atoms with Crippen LogP contribution in [-0.4, -0.2) is 25.4 Å². The van der Waals surface area contributed by atoms with Gasteiger partial charge in [-0.3, -0.25) is 0 Å². The van der Waals surface area contributed by atoms with Gasteiger partial charge in [-0.15, -0.1) is 0 Å². The molecule has 1 aliphatic heterocycles. The molecule has 1 saturated heterocycles. The number of ether oxygens (including phenoxy) is 1. The van der Waals surface area contributed by atoms with E-state index in [9.17, 15) is 0 Å². The molecule has 0 aromatic rings. The van der Waals surface area contributed by atoms with Crippen molar-refractivity contribution < 1.29 is 14.5 Å². The summed E-state index contributed by atoms with van der Waals surface area (Å²) in [6.07, 6.45) is 4.94. The molecule has 3 nitrogen and oxygen atoms in total. The highest BCUT2D eigenvalue weighted by Crippen LogP contribution is 2.13. The minimum absolute atomic E-state index is 0.184. The van der Waals surface area contributed by atoms with Crippen LogP contribution >= 0.6 is 0 Å². The fraction of sp³-hybridized carbons (Fsp3) is 1.00. The molecule has 1 aliphatic rings. The van der Waals surface area contributed by atoms with Gasteiger partial charge in [0.1, 0.15) is 6.61 Å². The first-order valence-electron chi connectivity index (χ1n) is 5.22. The number of rotatable bonds is 5. The Kier molecular flexibility index (Phi) is 5.35. The van der Waals surface area contributed by atoms with Crippen molar-refractivity contribution in [2.24, 2.45) is 0 Å². The normalized spacial score (nSPS) is 25.8. The maximum atomic E-state index is 5.49. The van der Waals surface area contributed by atoms with Crippen LogP contribution in [0.2, 0.25) is 0 Å². The van der Waals surface area contributed by atoms with Crippen molar-refractivity contribution in [1.29, 1.82) is 0 Å². The van der Waals surface area contributed by atoms with Crippen molar-refractivity contribution in [1.82, 2.24) is 0 Å². The molecule has 1 fully saturated rings. The predicted molar refractivity (Wildman–Crippen MR) is 50.4 cm³/mol. The molecule has 0 aliphatic carbocycles. The molecule has 0 bridgehead atoms. The van der Waals surface area contributed by atoms with Crippen molar-refractivity contribution in [2.45, 2.75) is 51.7 Å². The van der Waals surface area contributed by atoms with E-state index in [2.05, 4.69) is 6.92 Å². The standard InChI is InChI=1S/C10H20O3/c1-3-9(2)13-12-8-10-6-4-5-7-11-10/h9-10H,3-8H2,1-2H3. The van der Waals surface area contributed by atoms with Gasteiger partial charge in [-0.2, -0.15) is 0 Å². The van der Waals surface area contributed by atoms with E-state index in [1.54, 1.807) is 0 Å². The molecule has 3 heteroatoms. The van der Waals surface area contributed by atoms with Crippen LogP contribution in [0.5, 0.6) is 0 Å². The van der Waals surface area contributed by atoms with E-state index in [-0.39, 0.29) is 12.2 Å². The maximum absolute atomic E-state index is 5.49. The molecule has 0 radical (unpaired) electrons. The van der Waals surface area contributed by atoms with E-state index in [0.29, 0.717) is 6.61 Å². The summed E-state index contributed by atoms with van der Waals surface area (Å²) in [5.74, 6) is 0. The molecule has 1 heterocycles. The zero-order chi connectivity index (χ0) is 9.52. The highest BCUT2D eigenvalue weighted by molar-refractivity contribution is 4.61.